The van der Waals surface area contributed by atoms with Gasteiger partial charge in [-0.1, -0.05) is 18.2 Å². The van der Waals surface area contributed by atoms with E-state index in [0.717, 1.165) is 23.1 Å². The Morgan fingerprint density at radius 1 is 1.14 bits per heavy atom. The first kappa shape index (κ1) is 19.7. The first-order valence-corrected chi connectivity index (χ1v) is 8.73. The summed E-state index contributed by atoms with van der Waals surface area (Å²) in [5.74, 6) is -5.72. The second-order valence-corrected chi connectivity index (χ2v) is 6.63. The number of nitrogens with one attached hydrogen (secondary N) is 1. The number of nitrogens with zero attached hydrogens (tertiary/aromatic N) is 1. The zero-order chi connectivity index (χ0) is 20.4. The highest BCUT2D eigenvalue weighted by Gasteiger charge is 2.50. The molecular formula is C19H18F2N2O5. The third-order valence-electron chi connectivity index (χ3n) is 4.84. The molecule has 0 unspecified atom stereocenters. The Balaban J connectivity index is 1.58. The number of likely N-dealkylation sites (tertiary alicyclic amines) is 1. The van der Waals surface area contributed by atoms with Crippen LogP contribution < -0.4 is 5.32 Å². The molecule has 0 spiro atoms. The van der Waals surface area contributed by atoms with Crippen molar-refractivity contribution in [2.45, 2.75) is 25.8 Å². The molecule has 3 amide bonds. The smallest absolute Gasteiger partial charge is 0.329 e. The van der Waals surface area contributed by atoms with Crippen molar-refractivity contribution in [3.63, 3.8) is 0 Å². The van der Waals surface area contributed by atoms with E-state index < -0.39 is 65.5 Å². The SMILES string of the molecule is C[C@@H](C(=O)OCC(=O)Nc1c(F)cccc1F)N1C(=O)[C@H]2CC=CC[C@H]2C1=O. The van der Waals surface area contributed by atoms with Crippen LogP contribution in [0.15, 0.2) is 30.4 Å². The zero-order valence-corrected chi connectivity index (χ0v) is 15.0. The summed E-state index contributed by atoms with van der Waals surface area (Å²) >= 11 is 0. The van der Waals surface area contributed by atoms with Gasteiger partial charge in [0.05, 0.1) is 11.8 Å². The summed E-state index contributed by atoms with van der Waals surface area (Å²) in [6.07, 6.45) is 4.52. The fourth-order valence-electron chi connectivity index (χ4n) is 3.36. The van der Waals surface area contributed by atoms with Crippen LogP contribution in [0.25, 0.3) is 0 Å². The molecule has 1 saturated heterocycles. The van der Waals surface area contributed by atoms with Gasteiger partial charge in [0, 0.05) is 0 Å². The summed E-state index contributed by atoms with van der Waals surface area (Å²) in [5.41, 5.74) is -0.655. The van der Waals surface area contributed by atoms with E-state index in [1.807, 2.05) is 17.5 Å². The van der Waals surface area contributed by atoms with Gasteiger partial charge in [-0.05, 0) is 31.9 Å². The molecule has 1 aromatic carbocycles. The second-order valence-electron chi connectivity index (χ2n) is 6.63. The van der Waals surface area contributed by atoms with E-state index in [-0.39, 0.29) is 0 Å². The molecule has 0 radical (unpaired) electrons. The summed E-state index contributed by atoms with van der Waals surface area (Å²) in [5, 5.41) is 1.98. The summed E-state index contributed by atoms with van der Waals surface area (Å²) in [6, 6.07) is 1.86. The molecule has 7 nitrogen and oxygen atoms in total. The van der Waals surface area contributed by atoms with E-state index in [4.69, 9.17) is 4.74 Å². The van der Waals surface area contributed by atoms with E-state index in [9.17, 15) is 28.0 Å². The highest BCUT2D eigenvalue weighted by Crippen LogP contribution is 2.36. The number of imide groups is 1. The third-order valence-corrected chi connectivity index (χ3v) is 4.84. The van der Waals surface area contributed by atoms with Gasteiger partial charge in [0.2, 0.25) is 11.8 Å². The summed E-state index contributed by atoms with van der Waals surface area (Å²) in [6.45, 7) is 0.513. The van der Waals surface area contributed by atoms with Crippen LogP contribution in [0, 0.1) is 23.5 Å². The lowest BCUT2D eigenvalue weighted by molar-refractivity contribution is -0.159. The molecule has 1 N–H and O–H groups in total. The fourth-order valence-corrected chi connectivity index (χ4v) is 3.36. The van der Waals surface area contributed by atoms with Gasteiger partial charge in [-0.3, -0.25) is 19.3 Å². The van der Waals surface area contributed by atoms with Crippen LogP contribution >= 0.6 is 0 Å². The number of allylic oxidation sites excluding steroid dienone is 2. The van der Waals surface area contributed by atoms with Crippen molar-refractivity contribution in [2.24, 2.45) is 11.8 Å². The van der Waals surface area contributed by atoms with E-state index >= 15 is 0 Å². The monoisotopic (exact) mass is 392 g/mol. The number of hydrogen-bond donors (Lipinski definition) is 1. The molecule has 3 rings (SSSR count). The number of halogens is 2. The third kappa shape index (κ3) is 3.64. The van der Waals surface area contributed by atoms with Crippen molar-refractivity contribution in [3.8, 4) is 0 Å². The Kier molecular flexibility index (Phi) is 5.53. The molecule has 1 fully saturated rings. The molecule has 9 heteroatoms. The predicted octanol–water partition coefficient (Wildman–Crippen LogP) is 1.79. The van der Waals surface area contributed by atoms with Gasteiger partial charge < -0.3 is 10.1 Å². The number of benzene rings is 1. The number of ether oxygens (including phenoxy) is 1. The summed E-state index contributed by atoms with van der Waals surface area (Å²) in [7, 11) is 0. The number of hydrogen-bond acceptors (Lipinski definition) is 5. The van der Waals surface area contributed by atoms with Gasteiger partial charge in [-0.25, -0.2) is 13.6 Å². The first-order valence-electron chi connectivity index (χ1n) is 8.73. The van der Waals surface area contributed by atoms with Gasteiger partial charge in [0.1, 0.15) is 23.4 Å². The Labute approximate surface area is 159 Å². The zero-order valence-electron chi connectivity index (χ0n) is 15.0. The number of amides is 3. The normalized spacial score (nSPS) is 22.0. The van der Waals surface area contributed by atoms with E-state index in [0.29, 0.717) is 12.8 Å². The quantitative estimate of drug-likeness (QED) is 0.469. The van der Waals surface area contributed by atoms with Crippen LogP contribution in [-0.2, 0) is 23.9 Å². The molecule has 3 atom stereocenters. The lowest BCUT2D eigenvalue weighted by Gasteiger charge is -2.21. The Morgan fingerprint density at radius 2 is 1.68 bits per heavy atom. The lowest BCUT2D eigenvalue weighted by Crippen LogP contribution is -2.45. The van der Waals surface area contributed by atoms with Gasteiger partial charge in [-0.2, -0.15) is 0 Å². The molecule has 2 aliphatic rings. The Morgan fingerprint density at radius 3 is 2.21 bits per heavy atom. The molecule has 1 aliphatic carbocycles. The van der Waals surface area contributed by atoms with Gasteiger partial charge >= 0.3 is 5.97 Å². The van der Waals surface area contributed by atoms with Gasteiger partial charge in [0.25, 0.3) is 5.91 Å². The van der Waals surface area contributed by atoms with Crippen LogP contribution in [0.5, 0.6) is 0 Å². The highest BCUT2D eigenvalue weighted by atomic mass is 19.1. The Hall–Kier alpha value is -3.10. The van der Waals surface area contributed by atoms with Crippen molar-refractivity contribution in [2.75, 3.05) is 11.9 Å². The molecule has 148 valence electrons. The molecule has 0 saturated carbocycles. The average Bonchev–Trinajstić information content (AvgIpc) is 2.93. The standard InChI is InChI=1S/C19H18F2N2O5/c1-10(23-17(25)11-5-2-3-6-12(11)18(23)26)19(27)28-9-15(24)22-16-13(20)7-4-8-14(16)21/h2-4,7-8,10-12H,5-6,9H2,1H3,(H,22,24)/t10-,11-,12+/m0/s1. The number of carbonyl (C=O) groups excluding carboxylic acids is 4. The highest BCUT2D eigenvalue weighted by molar-refractivity contribution is 6.08. The van der Waals surface area contributed by atoms with Crippen molar-refractivity contribution in [1.29, 1.82) is 0 Å². The van der Waals surface area contributed by atoms with Crippen LogP contribution in [-0.4, -0.2) is 41.2 Å². The van der Waals surface area contributed by atoms with Gasteiger partial charge in [0.15, 0.2) is 6.61 Å². The molecule has 1 aliphatic heterocycles. The minimum atomic E-state index is -1.21. The van der Waals surface area contributed by atoms with Crippen molar-refractivity contribution in [3.05, 3.63) is 42.0 Å². The van der Waals surface area contributed by atoms with E-state index in [2.05, 4.69) is 0 Å². The molecule has 0 aromatic heterocycles. The Bertz CT molecular complexity index is 824. The van der Waals surface area contributed by atoms with Crippen molar-refractivity contribution >= 4 is 29.4 Å². The minimum Gasteiger partial charge on any atom is -0.454 e. The largest absolute Gasteiger partial charge is 0.454 e. The maximum atomic E-state index is 13.5. The van der Waals surface area contributed by atoms with Gasteiger partial charge in [-0.15, -0.1) is 0 Å². The lowest BCUT2D eigenvalue weighted by atomic mass is 9.85. The summed E-state index contributed by atoms with van der Waals surface area (Å²) < 4.78 is 31.9. The molecule has 28 heavy (non-hydrogen) atoms. The van der Waals surface area contributed by atoms with Crippen LogP contribution in [0.3, 0.4) is 0 Å². The molecule has 1 aromatic rings. The predicted molar refractivity (Wildman–Crippen MR) is 92.6 cm³/mol. The second kappa shape index (κ2) is 7.87. The number of anilines is 1. The van der Waals surface area contributed by atoms with Crippen LogP contribution in [0.1, 0.15) is 19.8 Å². The van der Waals surface area contributed by atoms with Crippen molar-refractivity contribution in [1.82, 2.24) is 4.90 Å². The van der Waals surface area contributed by atoms with Crippen molar-refractivity contribution < 1.29 is 32.7 Å². The number of rotatable bonds is 5. The minimum absolute atomic E-state index is 0.435. The van der Waals surface area contributed by atoms with Crippen LogP contribution in [0.2, 0.25) is 0 Å². The molecule has 1 heterocycles. The first-order chi connectivity index (χ1) is 13.3. The number of fused-ring (bicyclic) bond motifs is 1. The average molecular weight is 392 g/mol. The maximum absolute atomic E-state index is 13.5. The number of para-hydroxylation sites is 1. The summed E-state index contributed by atoms with van der Waals surface area (Å²) in [4.78, 5) is 49.8. The number of carbonyl (C=O) groups is 4. The maximum Gasteiger partial charge on any atom is 0.329 e. The fraction of sp³-hybridized carbons (Fsp3) is 0.368. The molecule has 0 bridgehead atoms. The number of esters is 1. The molecular weight excluding hydrogens is 374 g/mol. The van der Waals surface area contributed by atoms with E-state index in [1.165, 1.54) is 6.92 Å². The topological polar surface area (TPSA) is 92.8 Å². The van der Waals surface area contributed by atoms with E-state index in [1.54, 1.807) is 0 Å². The van der Waals surface area contributed by atoms with Crippen LogP contribution in [0.4, 0.5) is 14.5 Å².